The number of rotatable bonds is 6. The van der Waals surface area contributed by atoms with Crippen LogP contribution in [0.1, 0.15) is 11.1 Å². The molecule has 0 bridgehead atoms. The maximum Gasteiger partial charge on any atom is 0.264 e. The van der Waals surface area contributed by atoms with Crippen LogP contribution >= 0.6 is 39.3 Å². The monoisotopic (exact) mass is 546 g/mol. The van der Waals surface area contributed by atoms with Gasteiger partial charge in [-0.05, 0) is 77.5 Å². The van der Waals surface area contributed by atoms with Crippen molar-refractivity contribution in [2.24, 2.45) is 4.99 Å². The van der Waals surface area contributed by atoms with Gasteiger partial charge < -0.3 is 14.8 Å². The van der Waals surface area contributed by atoms with Gasteiger partial charge in [-0.2, -0.15) is 0 Å². The highest BCUT2D eigenvalue weighted by molar-refractivity contribution is 9.10. The molecule has 0 spiro atoms. The zero-order valence-electron chi connectivity index (χ0n) is 17.3. The van der Waals surface area contributed by atoms with Crippen LogP contribution in [0.3, 0.4) is 0 Å². The molecule has 0 aliphatic carbocycles. The summed E-state index contributed by atoms with van der Waals surface area (Å²) in [6.07, 6.45) is 1.74. The molecule has 0 radical (unpaired) electrons. The molecule has 0 saturated carbocycles. The molecular formula is C24H17BrClFN2O3S. The molecule has 1 heterocycles. The van der Waals surface area contributed by atoms with Crippen LogP contribution < -0.4 is 14.8 Å². The largest absolute Gasteiger partial charge is 0.493 e. The average molecular weight is 548 g/mol. The van der Waals surface area contributed by atoms with Crippen molar-refractivity contribution in [3.8, 4) is 11.5 Å². The highest BCUT2D eigenvalue weighted by Gasteiger charge is 2.24. The summed E-state index contributed by atoms with van der Waals surface area (Å²) in [4.78, 5) is 17.2. The van der Waals surface area contributed by atoms with Crippen molar-refractivity contribution in [1.82, 2.24) is 5.32 Å². The Kier molecular flexibility index (Phi) is 7.37. The molecule has 168 valence electrons. The molecule has 1 saturated heterocycles. The fourth-order valence-electron chi connectivity index (χ4n) is 2.93. The number of carbonyl (C=O) groups excluding carboxylic acids is 1. The third kappa shape index (κ3) is 5.96. The predicted molar refractivity (Wildman–Crippen MR) is 134 cm³/mol. The summed E-state index contributed by atoms with van der Waals surface area (Å²) < 4.78 is 25.2. The summed E-state index contributed by atoms with van der Waals surface area (Å²) in [6.45, 7) is 0.349. The van der Waals surface area contributed by atoms with Gasteiger partial charge in [-0.15, -0.1) is 0 Å². The van der Waals surface area contributed by atoms with Crippen LogP contribution in [0.15, 0.2) is 75.0 Å². The van der Waals surface area contributed by atoms with Crippen molar-refractivity contribution in [2.45, 2.75) is 6.61 Å². The molecule has 33 heavy (non-hydrogen) atoms. The zero-order valence-corrected chi connectivity index (χ0v) is 20.4. The molecule has 1 fully saturated rings. The maximum atomic E-state index is 13.1. The van der Waals surface area contributed by atoms with E-state index in [4.69, 9.17) is 21.1 Å². The first-order valence-electron chi connectivity index (χ1n) is 9.71. The number of aliphatic imine (C=N–C) groups is 1. The number of ether oxygens (including phenoxy) is 2. The van der Waals surface area contributed by atoms with E-state index in [2.05, 4.69) is 26.2 Å². The molecule has 0 atom stereocenters. The first-order chi connectivity index (χ1) is 15.9. The summed E-state index contributed by atoms with van der Waals surface area (Å²) in [5, 5.41) is 3.80. The van der Waals surface area contributed by atoms with E-state index < -0.39 is 0 Å². The molecular weight excluding hydrogens is 531 g/mol. The minimum atomic E-state index is -0.345. The molecule has 9 heteroatoms. The molecule has 1 aliphatic rings. The quantitative estimate of drug-likeness (QED) is 0.348. The fraction of sp³-hybridized carbons (Fsp3) is 0.0833. The summed E-state index contributed by atoms with van der Waals surface area (Å²) in [5.41, 5.74) is 2.26. The van der Waals surface area contributed by atoms with Gasteiger partial charge in [0.15, 0.2) is 16.7 Å². The molecule has 1 aliphatic heterocycles. The smallest absolute Gasteiger partial charge is 0.264 e. The lowest BCUT2D eigenvalue weighted by molar-refractivity contribution is -0.115. The fourth-order valence-corrected chi connectivity index (χ4v) is 4.33. The van der Waals surface area contributed by atoms with Gasteiger partial charge >= 0.3 is 0 Å². The van der Waals surface area contributed by atoms with E-state index in [1.165, 1.54) is 23.9 Å². The molecule has 3 aromatic carbocycles. The summed E-state index contributed by atoms with van der Waals surface area (Å²) >= 11 is 10.7. The zero-order chi connectivity index (χ0) is 23.4. The van der Waals surface area contributed by atoms with Gasteiger partial charge in [0.1, 0.15) is 12.4 Å². The number of carbonyl (C=O) groups is 1. The van der Waals surface area contributed by atoms with Gasteiger partial charge in [0.05, 0.1) is 17.7 Å². The molecule has 3 aromatic rings. The van der Waals surface area contributed by atoms with Crippen LogP contribution in [0.25, 0.3) is 6.08 Å². The van der Waals surface area contributed by atoms with Crippen molar-refractivity contribution < 1.29 is 18.7 Å². The number of hydrogen-bond donors (Lipinski definition) is 1. The maximum absolute atomic E-state index is 13.1. The SMILES string of the molecule is COc1cc(/C=C2/SC(=Nc3ccc(F)cc3)NC2=O)c(Br)cc1OCc1ccc(Cl)cc1. The third-order valence-electron chi connectivity index (χ3n) is 4.59. The number of nitrogens with zero attached hydrogens (tertiary/aromatic N) is 1. The normalized spacial score (nSPS) is 15.7. The Bertz CT molecular complexity index is 1250. The third-order valence-corrected chi connectivity index (χ3v) is 6.43. The van der Waals surface area contributed by atoms with E-state index in [0.29, 0.717) is 38.9 Å². The summed E-state index contributed by atoms with van der Waals surface area (Å²) in [7, 11) is 1.56. The summed E-state index contributed by atoms with van der Waals surface area (Å²) in [5.74, 6) is 0.475. The van der Waals surface area contributed by atoms with Gasteiger partial charge in [0.2, 0.25) is 0 Å². The van der Waals surface area contributed by atoms with Gasteiger partial charge in [-0.1, -0.05) is 39.7 Å². The topological polar surface area (TPSA) is 59.9 Å². The Morgan fingerprint density at radius 1 is 1.12 bits per heavy atom. The van der Waals surface area contributed by atoms with Crippen molar-refractivity contribution >= 4 is 62.1 Å². The Morgan fingerprint density at radius 3 is 2.55 bits per heavy atom. The lowest BCUT2D eigenvalue weighted by atomic mass is 10.2. The summed E-state index contributed by atoms with van der Waals surface area (Å²) in [6, 6.07) is 16.7. The first-order valence-corrected chi connectivity index (χ1v) is 11.7. The number of nitrogens with one attached hydrogen (secondary N) is 1. The van der Waals surface area contributed by atoms with Crippen molar-refractivity contribution in [3.63, 3.8) is 0 Å². The van der Waals surface area contributed by atoms with Crippen molar-refractivity contribution in [3.05, 3.63) is 92.0 Å². The number of thioether (sulfide) groups is 1. The van der Waals surface area contributed by atoms with Gasteiger partial charge in [0, 0.05) is 9.50 Å². The lowest BCUT2D eigenvalue weighted by Crippen LogP contribution is -2.19. The van der Waals surface area contributed by atoms with Crippen molar-refractivity contribution in [2.75, 3.05) is 7.11 Å². The standard InChI is InChI=1S/C24H17BrClFN2O3S/c1-31-20-10-15(19(25)12-21(20)32-13-14-2-4-16(26)5-3-14)11-22-23(30)29-24(33-22)28-18-8-6-17(27)7-9-18/h2-12H,13H2,1H3,(H,28,29,30)/b22-11+. The molecule has 1 amide bonds. The van der Waals surface area contributed by atoms with Crippen LogP contribution in [0.2, 0.25) is 5.02 Å². The second-order valence-electron chi connectivity index (χ2n) is 6.90. The number of benzene rings is 3. The molecule has 5 nitrogen and oxygen atoms in total. The van der Waals surface area contributed by atoms with E-state index in [9.17, 15) is 9.18 Å². The molecule has 4 rings (SSSR count). The number of amidine groups is 1. The second kappa shape index (κ2) is 10.4. The molecule has 0 unspecified atom stereocenters. The number of methoxy groups -OCH3 is 1. The number of hydrogen-bond acceptors (Lipinski definition) is 5. The van der Waals surface area contributed by atoms with E-state index in [-0.39, 0.29) is 11.7 Å². The van der Waals surface area contributed by atoms with E-state index in [1.54, 1.807) is 49.6 Å². The Balaban J connectivity index is 1.53. The van der Waals surface area contributed by atoms with Crippen LogP contribution in [0.5, 0.6) is 11.5 Å². The lowest BCUT2D eigenvalue weighted by Gasteiger charge is -2.13. The predicted octanol–water partition coefficient (Wildman–Crippen LogP) is 6.72. The van der Waals surface area contributed by atoms with Crippen molar-refractivity contribution in [1.29, 1.82) is 0 Å². The van der Waals surface area contributed by atoms with Gasteiger partial charge in [0.25, 0.3) is 5.91 Å². The molecule has 1 N–H and O–H groups in total. The highest BCUT2D eigenvalue weighted by Crippen LogP contribution is 2.37. The van der Waals surface area contributed by atoms with Crippen LogP contribution in [0, 0.1) is 5.82 Å². The van der Waals surface area contributed by atoms with E-state index in [1.807, 2.05) is 12.1 Å². The van der Waals surface area contributed by atoms with Gasteiger partial charge in [-0.25, -0.2) is 9.38 Å². The Hall–Kier alpha value is -2.81. The Labute approximate surface area is 207 Å². The minimum absolute atomic E-state index is 0.269. The van der Waals surface area contributed by atoms with E-state index >= 15 is 0 Å². The number of amides is 1. The number of halogens is 3. The molecule has 0 aromatic heterocycles. The Morgan fingerprint density at radius 2 is 1.85 bits per heavy atom. The van der Waals surface area contributed by atoms with Crippen LogP contribution in [-0.4, -0.2) is 18.2 Å². The highest BCUT2D eigenvalue weighted by atomic mass is 79.9. The minimum Gasteiger partial charge on any atom is -0.493 e. The second-order valence-corrected chi connectivity index (χ2v) is 9.22. The first kappa shape index (κ1) is 23.4. The average Bonchev–Trinajstić information content (AvgIpc) is 3.14. The van der Waals surface area contributed by atoms with Crippen LogP contribution in [-0.2, 0) is 11.4 Å². The van der Waals surface area contributed by atoms with Gasteiger partial charge in [-0.3, -0.25) is 4.79 Å². The van der Waals surface area contributed by atoms with E-state index in [0.717, 1.165) is 15.6 Å². The van der Waals surface area contributed by atoms with Crippen LogP contribution in [0.4, 0.5) is 10.1 Å².